The van der Waals surface area contributed by atoms with E-state index in [1.54, 1.807) is 36.9 Å². The standard InChI is InChI=1S/C18H25ClN2O5S/c1-4-26-18(23)14-7-9-20(10-8-14)17(22)12-21(27(3,24)25)16-6-5-15(19)11-13(16)2/h5-6,11,14H,4,7-10,12H2,1-3H3. The average Bonchev–Trinajstić information content (AvgIpc) is 2.59. The molecule has 0 aromatic heterocycles. The monoisotopic (exact) mass is 416 g/mol. The van der Waals surface area contributed by atoms with Crippen LogP contribution in [0.25, 0.3) is 0 Å². The van der Waals surface area contributed by atoms with E-state index in [0.29, 0.717) is 48.8 Å². The molecule has 0 atom stereocenters. The van der Waals surface area contributed by atoms with Gasteiger partial charge in [-0.25, -0.2) is 8.42 Å². The third kappa shape index (κ3) is 5.59. The molecule has 1 aliphatic heterocycles. The number of carbonyl (C=O) groups excluding carboxylic acids is 2. The quantitative estimate of drug-likeness (QED) is 0.664. The Balaban J connectivity index is 2.08. The molecule has 0 spiro atoms. The Morgan fingerprint density at radius 3 is 2.44 bits per heavy atom. The highest BCUT2D eigenvalue weighted by atomic mass is 35.5. The van der Waals surface area contributed by atoms with Gasteiger partial charge in [0.2, 0.25) is 15.9 Å². The fraction of sp³-hybridized carbons (Fsp3) is 0.556. The van der Waals surface area contributed by atoms with Crippen LogP contribution in [0.5, 0.6) is 0 Å². The van der Waals surface area contributed by atoms with Crippen molar-refractivity contribution in [1.82, 2.24) is 4.90 Å². The number of nitrogens with zero attached hydrogens (tertiary/aromatic N) is 2. The number of anilines is 1. The van der Waals surface area contributed by atoms with Crippen molar-refractivity contribution < 1.29 is 22.7 Å². The van der Waals surface area contributed by atoms with Crippen LogP contribution in [0.15, 0.2) is 18.2 Å². The van der Waals surface area contributed by atoms with E-state index >= 15 is 0 Å². The van der Waals surface area contributed by atoms with E-state index in [4.69, 9.17) is 16.3 Å². The molecule has 0 radical (unpaired) electrons. The maximum atomic E-state index is 12.7. The average molecular weight is 417 g/mol. The fourth-order valence-corrected chi connectivity index (χ4v) is 4.26. The smallest absolute Gasteiger partial charge is 0.309 e. The van der Waals surface area contributed by atoms with Gasteiger partial charge in [0.15, 0.2) is 0 Å². The van der Waals surface area contributed by atoms with Gasteiger partial charge in [0, 0.05) is 18.1 Å². The Bertz CT molecular complexity index is 804. The van der Waals surface area contributed by atoms with Crippen LogP contribution in [-0.2, 0) is 24.3 Å². The van der Waals surface area contributed by atoms with Crippen LogP contribution in [0.4, 0.5) is 5.69 Å². The lowest BCUT2D eigenvalue weighted by Gasteiger charge is -2.33. The number of rotatable bonds is 6. The summed E-state index contributed by atoms with van der Waals surface area (Å²) in [6, 6.07) is 4.85. The molecule has 0 saturated carbocycles. The number of benzene rings is 1. The molecule has 1 saturated heterocycles. The van der Waals surface area contributed by atoms with Gasteiger partial charge in [0.1, 0.15) is 6.54 Å². The first-order chi connectivity index (χ1) is 12.6. The number of halogens is 1. The Morgan fingerprint density at radius 2 is 1.93 bits per heavy atom. The molecule has 1 amide bonds. The molecule has 1 aromatic rings. The number of piperidine rings is 1. The molecule has 1 heterocycles. The Morgan fingerprint density at radius 1 is 1.30 bits per heavy atom. The van der Waals surface area contributed by atoms with Gasteiger partial charge in [0.25, 0.3) is 0 Å². The summed E-state index contributed by atoms with van der Waals surface area (Å²) in [7, 11) is -3.65. The second kappa shape index (κ2) is 8.93. The Labute approximate surface area is 165 Å². The Hall–Kier alpha value is -1.80. The van der Waals surface area contributed by atoms with Gasteiger partial charge in [-0.2, -0.15) is 0 Å². The lowest BCUT2D eigenvalue weighted by molar-refractivity contribution is -0.151. The van der Waals surface area contributed by atoms with E-state index in [2.05, 4.69) is 0 Å². The predicted octanol–water partition coefficient (Wildman–Crippen LogP) is 2.22. The molecule has 7 nitrogen and oxygen atoms in total. The lowest BCUT2D eigenvalue weighted by Crippen LogP contribution is -2.46. The van der Waals surface area contributed by atoms with E-state index in [9.17, 15) is 18.0 Å². The van der Waals surface area contributed by atoms with E-state index in [-0.39, 0.29) is 24.3 Å². The molecule has 1 aliphatic rings. The largest absolute Gasteiger partial charge is 0.466 e. The van der Waals surface area contributed by atoms with Gasteiger partial charge < -0.3 is 9.64 Å². The normalized spacial score (nSPS) is 15.5. The van der Waals surface area contributed by atoms with Crippen molar-refractivity contribution in [2.45, 2.75) is 26.7 Å². The minimum Gasteiger partial charge on any atom is -0.466 e. The van der Waals surface area contributed by atoms with Crippen molar-refractivity contribution in [3.63, 3.8) is 0 Å². The number of esters is 1. The Kier molecular flexibility index (Phi) is 7.11. The molecular formula is C18H25ClN2O5S. The summed E-state index contributed by atoms with van der Waals surface area (Å²) in [5.74, 6) is -0.741. The molecular weight excluding hydrogens is 392 g/mol. The van der Waals surface area contributed by atoms with Gasteiger partial charge in [-0.3, -0.25) is 13.9 Å². The first-order valence-corrected chi connectivity index (χ1v) is 11.0. The zero-order valence-electron chi connectivity index (χ0n) is 15.8. The van der Waals surface area contributed by atoms with Crippen molar-refractivity contribution in [2.24, 2.45) is 5.92 Å². The van der Waals surface area contributed by atoms with Crippen LogP contribution < -0.4 is 4.31 Å². The minimum absolute atomic E-state index is 0.210. The van der Waals surface area contributed by atoms with Crippen molar-refractivity contribution in [3.05, 3.63) is 28.8 Å². The van der Waals surface area contributed by atoms with Gasteiger partial charge in [-0.05, 0) is 50.5 Å². The molecule has 1 aromatic carbocycles. The highest BCUT2D eigenvalue weighted by molar-refractivity contribution is 7.92. The first kappa shape index (κ1) is 21.5. The van der Waals surface area contributed by atoms with E-state index < -0.39 is 10.0 Å². The number of amides is 1. The van der Waals surface area contributed by atoms with Gasteiger partial charge in [0.05, 0.1) is 24.5 Å². The number of ether oxygens (including phenoxy) is 1. The molecule has 0 unspecified atom stereocenters. The zero-order chi connectivity index (χ0) is 20.2. The van der Waals surface area contributed by atoms with Gasteiger partial charge in [-0.15, -0.1) is 0 Å². The summed E-state index contributed by atoms with van der Waals surface area (Å²) in [6.07, 6.45) is 2.11. The van der Waals surface area contributed by atoms with E-state index in [1.807, 2.05) is 0 Å². The number of hydrogen-bond donors (Lipinski definition) is 0. The van der Waals surface area contributed by atoms with Crippen LogP contribution in [0.2, 0.25) is 5.02 Å². The van der Waals surface area contributed by atoms with Crippen molar-refractivity contribution in [3.8, 4) is 0 Å². The molecule has 1 fully saturated rings. The topological polar surface area (TPSA) is 84.0 Å². The zero-order valence-corrected chi connectivity index (χ0v) is 17.3. The molecule has 0 bridgehead atoms. The SMILES string of the molecule is CCOC(=O)C1CCN(C(=O)CN(c2ccc(Cl)cc2C)S(C)(=O)=O)CC1. The molecule has 9 heteroatoms. The van der Waals surface area contributed by atoms with Crippen LogP contribution in [-0.4, -0.2) is 57.7 Å². The molecule has 27 heavy (non-hydrogen) atoms. The number of likely N-dealkylation sites (tertiary alicyclic amines) is 1. The summed E-state index contributed by atoms with van der Waals surface area (Å²) in [6.45, 7) is 4.36. The van der Waals surface area contributed by atoms with Crippen molar-refractivity contribution >= 4 is 39.2 Å². The van der Waals surface area contributed by atoms with Crippen LogP contribution in [0, 0.1) is 12.8 Å². The van der Waals surface area contributed by atoms with Crippen LogP contribution in [0.3, 0.4) is 0 Å². The summed E-state index contributed by atoms with van der Waals surface area (Å²) in [4.78, 5) is 26.1. The maximum absolute atomic E-state index is 12.7. The highest BCUT2D eigenvalue weighted by Crippen LogP contribution is 2.26. The van der Waals surface area contributed by atoms with E-state index in [1.165, 1.54) is 0 Å². The minimum atomic E-state index is -3.65. The number of carbonyl (C=O) groups is 2. The van der Waals surface area contributed by atoms with Gasteiger partial charge in [-0.1, -0.05) is 11.6 Å². The van der Waals surface area contributed by atoms with Crippen LogP contribution >= 0.6 is 11.6 Å². The second-order valence-electron chi connectivity index (χ2n) is 6.61. The second-order valence-corrected chi connectivity index (χ2v) is 8.95. The molecule has 150 valence electrons. The molecule has 0 N–H and O–H groups in total. The molecule has 2 rings (SSSR count). The van der Waals surface area contributed by atoms with Crippen LogP contribution in [0.1, 0.15) is 25.3 Å². The fourth-order valence-electron chi connectivity index (χ4n) is 3.13. The van der Waals surface area contributed by atoms with Crippen molar-refractivity contribution in [2.75, 3.05) is 36.8 Å². The summed E-state index contributed by atoms with van der Waals surface area (Å²) in [5, 5.41) is 0.497. The summed E-state index contributed by atoms with van der Waals surface area (Å²) in [5.41, 5.74) is 1.10. The number of hydrogen-bond acceptors (Lipinski definition) is 5. The summed E-state index contributed by atoms with van der Waals surface area (Å²) < 4.78 is 30.6. The predicted molar refractivity (Wildman–Crippen MR) is 104 cm³/mol. The van der Waals surface area contributed by atoms with Crippen molar-refractivity contribution in [1.29, 1.82) is 0 Å². The molecule has 0 aliphatic carbocycles. The third-order valence-corrected chi connectivity index (χ3v) is 5.94. The maximum Gasteiger partial charge on any atom is 0.309 e. The highest BCUT2D eigenvalue weighted by Gasteiger charge is 2.30. The number of aryl methyl sites for hydroxylation is 1. The van der Waals surface area contributed by atoms with Gasteiger partial charge >= 0.3 is 5.97 Å². The van der Waals surface area contributed by atoms with E-state index in [0.717, 1.165) is 10.6 Å². The first-order valence-electron chi connectivity index (χ1n) is 8.81. The number of sulfonamides is 1. The summed E-state index contributed by atoms with van der Waals surface area (Å²) >= 11 is 5.94. The third-order valence-electron chi connectivity index (χ3n) is 4.57. The lowest BCUT2D eigenvalue weighted by atomic mass is 9.97.